The van der Waals surface area contributed by atoms with Gasteiger partial charge in [-0.05, 0) is 29.5 Å². The summed E-state index contributed by atoms with van der Waals surface area (Å²) in [5, 5.41) is 10.1. The van der Waals surface area contributed by atoms with E-state index < -0.39 is 0 Å². The summed E-state index contributed by atoms with van der Waals surface area (Å²) in [6, 6.07) is 10.0. The normalized spacial score (nSPS) is 11.0. The van der Waals surface area contributed by atoms with Gasteiger partial charge in [0.25, 0.3) is 0 Å². The molecule has 0 unspecified atom stereocenters. The third-order valence-corrected chi connectivity index (χ3v) is 2.83. The maximum absolute atomic E-state index is 8.92. The largest absolute Gasteiger partial charge is 0.379 e. The van der Waals surface area contributed by atoms with E-state index in [0.717, 1.165) is 24.1 Å². The molecule has 3 nitrogen and oxygen atoms in total. The molecule has 1 aromatic carbocycles. The van der Waals surface area contributed by atoms with Crippen molar-refractivity contribution in [1.82, 2.24) is 4.57 Å². The zero-order valence-electron chi connectivity index (χ0n) is 10.9. The van der Waals surface area contributed by atoms with E-state index in [0.29, 0.717) is 18.1 Å². The van der Waals surface area contributed by atoms with Crippen LogP contribution in [0.1, 0.15) is 19.4 Å². The first-order valence-corrected chi connectivity index (χ1v) is 6.27. The quantitative estimate of drug-likeness (QED) is 0.755. The maximum Gasteiger partial charge on any atom is 0.0992 e. The van der Waals surface area contributed by atoms with Crippen molar-refractivity contribution in [1.29, 1.82) is 5.26 Å². The molecule has 0 N–H and O–H groups in total. The van der Waals surface area contributed by atoms with Crippen LogP contribution >= 0.6 is 0 Å². The van der Waals surface area contributed by atoms with Gasteiger partial charge in [-0.25, -0.2) is 0 Å². The molecule has 0 bridgehead atoms. The lowest BCUT2D eigenvalue weighted by molar-refractivity contribution is 0.104. The van der Waals surface area contributed by atoms with Gasteiger partial charge in [-0.3, -0.25) is 0 Å². The minimum absolute atomic E-state index is 0.566. The summed E-state index contributed by atoms with van der Waals surface area (Å²) in [4.78, 5) is 0. The van der Waals surface area contributed by atoms with Gasteiger partial charge in [0.2, 0.25) is 0 Å². The summed E-state index contributed by atoms with van der Waals surface area (Å²) in [7, 11) is 0. The molecule has 0 aliphatic carbocycles. The first kappa shape index (κ1) is 12.7. The number of hydrogen-bond acceptors (Lipinski definition) is 2. The molecule has 0 spiro atoms. The fourth-order valence-electron chi connectivity index (χ4n) is 1.93. The average Bonchev–Trinajstić information content (AvgIpc) is 2.76. The zero-order valence-corrected chi connectivity index (χ0v) is 10.9. The van der Waals surface area contributed by atoms with Crippen LogP contribution in [0.5, 0.6) is 0 Å². The highest BCUT2D eigenvalue weighted by Crippen LogP contribution is 2.17. The number of nitriles is 1. The molecular weight excluding hydrogens is 224 g/mol. The fourth-order valence-corrected chi connectivity index (χ4v) is 1.93. The number of nitrogens with zero attached hydrogens (tertiary/aromatic N) is 2. The molecule has 0 aliphatic rings. The van der Waals surface area contributed by atoms with Crippen LogP contribution in [0.2, 0.25) is 0 Å². The summed E-state index contributed by atoms with van der Waals surface area (Å²) in [5.74, 6) is 0.566. The summed E-state index contributed by atoms with van der Waals surface area (Å²) < 4.78 is 7.72. The number of aromatic nitrogens is 1. The average molecular weight is 242 g/mol. The highest BCUT2D eigenvalue weighted by atomic mass is 16.5. The number of hydrogen-bond donors (Lipinski definition) is 0. The molecule has 0 aliphatic heterocycles. The Morgan fingerprint density at radius 2 is 2.17 bits per heavy atom. The van der Waals surface area contributed by atoms with Crippen molar-refractivity contribution in [2.24, 2.45) is 5.92 Å². The van der Waals surface area contributed by atoms with Crippen molar-refractivity contribution in [2.45, 2.75) is 20.4 Å². The van der Waals surface area contributed by atoms with Crippen molar-refractivity contribution in [3.63, 3.8) is 0 Å². The lowest BCUT2D eigenvalue weighted by Crippen LogP contribution is -2.08. The van der Waals surface area contributed by atoms with Gasteiger partial charge in [0.15, 0.2) is 0 Å². The van der Waals surface area contributed by atoms with Crippen molar-refractivity contribution < 1.29 is 4.74 Å². The lowest BCUT2D eigenvalue weighted by atomic mass is 10.2. The van der Waals surface area contributed by atoms with Crippen LogP contribution in [-0.4, -0.2) is 17.8 Å². The van der Waals surface area contributed by atoms with E-state index in [-0.39, 0.29) is 0 Å². The predicted molar refractivity (Wildman–Crippen MR) is 72.3 cm³/mol. The highest BCUT2D eigenvalue weighted by molar-refractivity contribution is 5.81. The van der Waals surface area contributed by atoms with Crippen molar-refractivity contribution in [3.05, 3.63) is 36.0 Å². The Labute approximate surface area is 108 Å². The molecule has 0 saturated carbocycles. The molecule has 2 aromatic rings. The molecule has 1 heterocycles. The van der Waals surface area contributed by atoms with Gasteiger partial charge in [0.05, 0.1) is 18.2 Å². The van der Waals surface area contributed by atoms with E-state index in [1.807, 2.05) is 24.4 Å². The Kier molecular flexibility index (Phi) is 4.01. The van der Waals surface area contributed by atoms with Gasteiger partial charge in [0, 0.05) is 24.9 Å². The predicted octanol–water partition coefficient (Wildman–Crippen LogP) is 3.19. The van der Waals surface area contributed by atoms with E-state index in [2.05, 4.69) is 30.6 Å². The van der Waals surface area contributed by atoms with E-state index in [1.165, 1.54) is 0 Å². The van der Waals surface area contributed by atoms with Gasteiger partial charge in [-0.2, -0.15) is 5.26 Å². The van der Waals surface area contributed by atoms with Crippen LogP contribution in [-0.2, 0) is 11.3 Å². The second-order valence-corrected chi connectivity index (χ2v) is 4.86. The minimum Gasteiger partial charge on any atom is -0.379 e. The van der Waals surface area contributed by atoms with Crippen molar-refractivity contribution in [2.75, 3.05) is 13.2 Å². The van der Waals surface area contributed by atoms with Crippen LogP contribution < -0.4 is 0 Å². The standard InChI is InChI=1S/C15H18N2O/c1-12(2)11-18-8-7-17-6-5-14-4-3-13(10-16)9-15(14)17/h3-6,9,12H,7-8,11H2,1-2H3. The van der Waals surface area contributed by atoms with E-state index in [9.17, 15) is 0 Å². The molecule has 0 radical (unpaired) electrons. The first-order valence-electron chi connectivity index (χ1n) is 6.27. The summed E-state index contributed by atoms with van der Waals surface area (Å²) in [6.07, 6.45) is 2.05. The highest BCUT2D eigenvalue weighted by Gasteiger charge is 2.02. The van der Waals surface area contributed by atoms with Gasteiger partial charge in [0.1, 0.15) is 0 Å². The number of benzene rings is 1. The molecule has 3 heteroatoms. The third kappa shape index (κ3) is 2.91. The monoisotopic (exact) mass is 242 g/mol. The SMILES string of the molecule is CC(C)COCCn1ccc2ccc(C#N)cc21. The number of rotatable bonds is 5. The Morgan fingerprint density at radius 3 is 2.89 bits per heavy atom. The third-order valence-electron chi connectivity index (χ3n) is 2.83. The van der Waals surface area contributed by atoms with Gasteiger partial charge >= 0.3 is 0 Å². The molecule has 0 fully saturated rings. The molecule has 94 valence electrons. The van der Waals surface area contributed by atoms with Crippen LogP contribution in [0.15, 0.2) is 30.5 Å². The molecule has 0 saturated heterocycles. The van der Waals surface area contributed by atoms with Crippen LogP contribution in [0.3, 0.4) is 0 Å². The zero-order chi connectivity index (χ0) is 13.0. The first-order chi connectivity index (χ1) is 8.70. The van der Waals surface area contributed by atoms with E-state index >= 15 is 0 Å². The van der Waals surface area contributed by atoms with Gasteiger partial charge < -0.3 is 9.30 Å². The number of ether oxygens (including phenoxy) is 1. The van der Waals surface area contributed by atoms with Crippen molar-refractivity contribution >= 4 is 10.9 Å². The Balaban J connectivity index is 2.07. The molecule has 2 rings (SSSR count). The van der Waals surface area contributed by atoms with Crippen LogP contribution in [0.25, 0.3) is 10.9 Å². The molecule has 0 amide bonds. The fraction of sp³-hybridized carbons (Fsp3) is 0.400. The number of fused-ring (bicyclic) bond motifs is 1. The lowest BCUT2D eigenvalue weighted by Gasteiger charge is -2.08. The van der Waals surface area contributed by atoms with Gasteiger partial charge in [-0.15, -0.1) is 0 Å². The second-order valence-electron chi connectivity index (χ2n) is 4.86. The van der Waals surface area contributed by atoms with Crippen molar-refractivity contribution in [3.8, 4) is 6.07 Å². The Morgan fingerprint density at radius 1 is 1.33 bits per heavy atom. The molecule has 18 heavy (non-hydrogen) atoms. The van der Waals surface area contributed by atoms with E-state index in [1.54, 1.807) is 0 Å². The second kappa shape index (κ2) is 5.70. The minimum atomic E-state index is 0.566. The smallest absolute Gasteiger partial charge is 0.0992 e. The Hall–Kier alpha value is -1.79. The molecular formula is C15H18N2O. The van der Waals surface area contributed by atoms with E-state index in [4.69, 9.17) is 10.00 Å². The topological polar surface area (TPSA) is 38.0 Å². The van der Waals surface area contributed by atoms with Crippen LogP contribution in [0, 0.1) is 17.2 Å². The summed E-state index contributed by atoms with van der Waals surface area (Å²) in [5.41, 5.74) is 1.80. The summed E-state index contributed by atoms with van der Waals surface area (Å²) >= 11 is 0. The molecule has 0 atom stereocenters. The van der Waals surface area contributed by atoms with Gasteiger partial charge in [-0.1, -0.05) is 19.9 Å². The Bertz CT molecular complexity index is 563. The van der Waals surface area contributed by atoms with Crippen LogP contribution in [0.4, 0.5) is 0 Å². The maximum atomic E-state index is 8.92. The molecule has 1 aromatic heterocycles. The summed E-state index contributed by atoms with van der Waals surface area (Å²) in [6.45, 7) is 6.61.